The highest BCUT2D eigenvalue weighted by molar-refractivity contribution is 7.14. The quantitative estimate of drug-likeness (QED) is 0.580. The van der Waals surface area contributed by atoms with E-state index in [2.05, 4.69) is 29.5 Å². The van der Waals surface area contributed by atoms with Crippen LogP contribution in [-0.2, 0) is 0 Å². The Morgan fingerprint density at radius 1 is 1.33 bits per heavy atom. The molecule has 0 amide bonds. The van der Waals surface area contributed by atoms with Crippen molar-refractivity contribution in [3.05, 3.63) is 34.3 Å². The zero-order valence-electron chi connectivity index (χ0n) is 14.0. The third-order valence-corrected chi connectivity index (χ3v) is 5.98. The third-order valence-electron chi connectivity index (χ3n) is 4.97. The summed E-state index contributed by atoms with van der Waals surface area (Å²) in [6.45, 7) is 4.44. The first-order valence-corrected chi connectivity index (χ1v) is 9.86. The average molecular weight is 360 g/mol. The van der Waals surface area contributed by atoms with Crippen LogP contribution in [0.2, 0.25) is 5.02 Å². The number of rotatable bonds is 3. The number of anilines is 1. The molecule has 2 heterocycles. The summed E-state index contributed by atoms with van der Waals surface area (Å²) in [4.78, 5) is 8.29. The lowest BCUT2D eigenvalue weighted by molar-refractivity contribution is 0.358. The van der Waals surface area contributed by atoms with Gasteiger partial charge in [-0.2, -0.15) is 0 Å². The Morgan fingerprint density at radius 3 is 3.04 bits per heavy atom. The number of H-pyrrole nitrogens is 1. The van der Waals surface area contributed by atoms with Gasteiger partial charge < -0.3 is 10.3 Å². The van der Waals surface area contributed by atoms with Gasteiger partial charge in [-0.15, -0.1) is 11.3 Å². The molecule has 0 aliphatic heterocycles. The van der Waals surface area contributed by atoms with Crippen LogP contribution in [0.3, 0.4) is 0 Å². The molecule has 3 aromatic rings. The SMILES string of the molecule is Cc1[nH]c2ccc(Cl)cc2c1-c1csc(N[C@H]2CCC[C@@H](C)C2)n1. The van der Waals surface area contributed by atoms with Gasteiger partial charge in [0, 0.05) is 38.6 Å². The van der Waals surface area contributed by atoms with Gasteiger partial charge in [0.1, 0.15) is 0 Å². The summed E-state index contributed by atoms with van der Waals surface area (Å²) in [5.41, 5.74) is 4.43. The number of halogens is 1. The van der Waals surface area contributed by atoms with Crippen LogP contribution in [0.1, 0.15) is 38.3 Å². The highest BCUT2D eigenvalue weighted by atomic mass is 35.5. The molecule has 2 aromatic heterocycles. The van der Waals surface area contributed by atoms with Crippen LogP contribution >= 0.6 is 22.9 Å². The van der Waals surface area contributed by atoms with E-state index in [0.29, 0.717) is 6.04 Å². The molecule has 5 heteroatoms. The number of hydrogen-bond donors (Lipinski definition) is 2. The molecule has 1 aliphatic rings. The number of nitrogens with one attached hydrogen (secondary N) is 2. The van der Waals surface area contributed by atoms with Crippen molar-refractivity contribution >= 4 is 39.0 Å². The molecule has 1 aliphatic carbocycles. The maximum atomic E-state index is 6.19. The van der Waals surface area contributed by atoms with Gasteiger partial charge in [-0.1, -0.05) is 31.4 Å². The van der Waals surface area contributed by atoms with E-state index in [-0.39, 0.29) is 0 Å². The molecule has 3 nitrogen and oxygen atoms in total. The van der Waals surface area contributed by atoms with Gasteiger partial charge in [0.05, 0.1) is 5.69 Å². The van der Waals surface area contributed by atoms with E-state index in [1.807, 2.05) is 18.2 Å². The Hall–Kier alpha value is -1.52. The second-order valence-electron chi connectivity index (χ2n) is 6.97. The number of aromatic nitrogens is 2. The Kier molecular flexibility index (Phi) is 4.27. The summed E-state index contributed by atoms with van der Waals surface area (Å²) < 4.78 is 0. The maximum absolute atomic E-state index is 6.19. The Morgan fingerprint density at radius 2 is 2.21 bits per heavy atom. The molecule has 1 aromatic carbocycles. The number of aromatic amines is 1. The summed E-state index contributed by atoms with van der Waals surface area (Å²) in [7, 11) is 0. The minimum atomic E-state index is 0.561. The van der Waals surface area contributed by atoms with Crippen LogP contribution in [0.4, 0.5) is 5.13 Å². The van der Waals surface area contributed by atoms with Gasteiger partial charge in [-0.05, 0) is 43.9 Å². The Bertz CT molecular complexity index is 867. The van der Waals surface area contributed by atoms with Gasteiger partial charge in [0.2, 0.25) is 0 Å². The predicted octanol–water partition coefficient (Wildman–Crippen LogP) is 6.24. The zero-order chi connectivity index (χ0) is 16.7. The van der Waals surface area contributed by atoms with E-state index in [0.717, 1.165) is 43.9 Å². The van der Waals surface area contributed by atoms with E-state index < -0.39 is 0 Å². The van der Waals surface area contributed by atoms with E-state index in [4.69, 9.17) is 16.6 Å². The number of nitrogens with zero attached hydrogens (tertiary/aromatic N) is 1. The van der Waals surface area contributed by atoms with Gasteiger partial charge in [0.15, 0.2) is 5.13 Å². The topological polar surface area (TPSA) is 40.7 Å². The van der Waals surface area contributed by atoms with Crippen LogP contribution < -0.4 is 5.32 Å². The van der Waals surface area contributed by atoms with Crippen molar-refractivity contribution in [1.29, 1.82) is 0 Å². The van der Waals surface area contributed by atoms with Crippen LogP contribution in [0, 0.1) is 12.8 Å². The smallest absolute Gasteiger partial charge is 0.183 e. The lowest BCUT2D eigenvalue weighted by atomic mass is 9.87. The molecule has 1 saturated carbocycles. The second kappa shape index (κ2) is 6.41. The monoisotopic (exact) mass is 359 g/mol. The highest BCUT2D eigenvalue weighted by Gasteiger charge is 2.20. The van der Waals surface area contributed by atoms with Crippen molar-refractivity contribution in [2.75, 3.05) is 5.32 Å². The normalized spacial score (nSPS) is 21.3. The molecule has 1 fully saturated rings. The molecule has 0 unspecified atom stereocenters. The third kappa shape index (κ3) is 3.05. The second-order valence-corrected chi connectivity index (χ2v) is 8.26. The van der Waals surface area contributed by atoms with Crippen LogP contribution in [0.5, 0.6) is 0 Å². The number of aryl methyl sites for hydroxylation is 1. The first-order chi connectivity index (χ1) is 11.6. The Balaban J connectivity index is 1.63. The molecule has 4 rings (SSSR count). The van der Waals surface area contributed by atoms with E-state index >= 15 is 0 Å². The predicted molar refractivity (Wildman–Crippen MR) is 104 cm³/mol. The zero-order valence-corrected chi connectivity index (χ0v) is 15.6. The summed E-state index contributed by atoms with van der Waals surface area (Å²) in [6, 6.07) is 6.53. The molecule has 0 bridgehead atoms. The summed E-state index contributed by atoms with van der Waals surface area (Å²) >= 11 is 7.89. The lowest BCUT2D eigenvalue weighted by Crippen LogP contribution is -2.26. The van der Waals surface area contributed by atoms with Crippen LogP contribution in [0.25, 0.3) is 22.2 Å². The molecular weight excluding hydrogens is 338 g/mol. The fraction of sp³-hybridized carbons (Fsp3) is 0.421. The van der Waals surface area contributed by atoms with Gasteiger partial charge in [-0.25, -0.2) is 4.98 Å². The first kappa shape index (κ1) is 16.0. The number of benzene rings is 1. The molecule has 24 heavy (non-hydrogen) atoms. The minimum Gasteiger partial charge on any atom is -0.359 e. The van der Waals surface area contributed by atoms with Crippen molar-refractivity contribution in [3.63, 3.8) is 0 Å². The number of hydrogen-bond acceptors (Lipinski definition) is 3. The summed E-state index contributed by atoms with van der Waals surface area (Å²) in [5, 5.41) is 8.71. The Labute approximate surface area is 151 Å². The maximum Gasteiger partial charge on any atom is 0.183 e. The largest absolute Gasteiger partial charge is 0.359 e. The first-order valence-electron chi connectivity index (χ1n) is 8.60. The fourth-order valence-electron chi connectivity index (χ4n) is 3.82. The molecule has 126 valence electrons. The lowest BCUT2D eigenvalue weighted by Gasteiger charge is -2.27. The summed E-state index contributed by atoms with van der Waals surface area (Å²) in [6.07, 6.45) is 5.17. The van der Waals surface area contributed by atoms with Gasteiger partial charge in [0.25, 0.3) is 0 Å². The molecular formula is C19H22ClN3S. The molecule has 2 atom stereocenters. The van der Waals surface area contributed by atoms with Crippen LogP contribution in [-0.4, -0.2) is 16.0 Å². The highest BCUT2D eigenvalue weighted by Crippen LogP contribution is 2.36. The summed E-state index contributed by atoms with van der Waals surface area (Å²) in [5.74, 6) is 0.814. The van der Waals surface area contributed by atoms with Crippen LogP contribution in [0.15, 0.2) is 23.6 Å². The van der Waals surface area contributed by atoms with Gasteiger partial charge >= 0.3 is 0 Å². The number of thiazole rings is 1. The van der Waals surface area contributed by atoms with E-state index in [9.17, 15) is 0 Å². The fourth-order valence-corrected chi connectivity index (χ4v) is 4.78. The van der Waals surface area contributed by atoms with Crippen molar-refractivity contribution in [2.24, 2.45) is 5.92 Å². The van der Waals surface area contributed by atoms with E-state index in [1.165, 1.54) is 25.7 Å². The molecule has 0 radical (unpaired) electrons. The standard InChI is InChI=1S/C19H22ClN3S/c1-11-4-3-5-14(8-11)22-19-23-17(10-24-19)18-12(2)21-16-7-6-13(20)9-15(16)18/h6-7,9-11,14,21H,3-5,8H2,1-2H3,(H,22,23)/t11-,14+/m1/s1. The molecule has 2 N–H and O–H groups in total. The average Bonchev–Trinajstić information content (AvgIpc) is 3.10. The molecule has 0 saturated heterocycles. The minimum absolute atomic E-state index is 0.561. The molecule has 0 spiro atoms. The van der Waals surface area contributed by atoms with E-state index in [1.54, 1.807) is 11.3 Å². The van der Waals surface area contributed by atoms with Crippen molar-refractivity contribution < 1.29 is 0 Å². The van der Waals surface area contributed by atoms with Crippen molar-refractivity contribution in [2.45, 2.75) is 45.6 Å². The van der Waals surface area contributed by atoms with Crippen molar-refractivity contribution in [3.8, 4) is 11.3 Å². The van der Waals surface area contributed by atoms with Crippen molar-refractivity contribution in [1.82, 2.24) is 9.97 Å². The number of fused-ring (bicyclic) bond motifs is 1. The van der Waals surface area contributed by atoms with Gasteiger partial charge in [-0.3, -0.25) is 0 Å².